The van der Waals surface area contributed by atoms with Gasteiger partial charge in [-0.05, 0) is 37.0 Å². The number of halogens is 1. The Kier molecular flexibility index (Phi) is 3.53. The maximum Gasteiger partial charge on any atom is 0.246 e. The van der Waals surface area contributed by atoms with Gasteiger partial charge in [-0.2, -0.15) is 0 Å². The number of rotatable bonds is 2. The molecule has 2 saturated heterocycles. The van der Waals surface area contributed by atoms with Crippen molar-refractivity contribution in [2.24, 2.45) is 0 Å². The molecule has 2 amide bonds. The second kappa shape index (κ2) is 5.35. The highest BCUT2D eigenvalue weighted by Gasteiger charge is 2.40. The van der Waals surface area contributed by atoms with E-state index in [9.17, 15) is 14.0 Å². The number of piperidine rings is 1. The summed E-state index contributed by atoms with van der Waals surface area (Å²) in [7, 11) is 0. The molecule has 1 aromatic carbocycles. The molecule has 3 rings (SSSR count). The molecule has 2 N–H and O–H groups in total. The lowest BCUT2D eigenvalue weighted by molar-refractivity contribution is -0.158. The van der Waals surface area contributed by atoms with Gasteiger partial charge < -0.3 is 15.5 Å². The minimum absolute atomic E-state index is 0.0183. The normalized spacial score (nSPS) is 22.4. The first-order valence-electron chi connectivity index (χ1n) is 7.18. The molecule has 21 heavy (non-hydrogen) atoms. The molecular formula is C15H18FN3O2. The molecule has 2 fully saturated rings. The fourth-order valence-electron chi connectivity index (χ4n) is 3.05. The number of hydrogen-bond acceptors (Lipinski definition) is 3. The number of anilines is 1. The Morgan fingerprint density at radius 2 is 2.10 bits per heavy atom. The summed E-state index contributed by atoms with van der Waals surface area (Å²) in [5.41, 5.74) is 6.17. The number of nitrogens with zero attached hydrogens (tertiary/aromatic N) is 2. The van der Waals surface area contributed by atoms with Crippen LogP contribution in [0.15, 0.2) is 18.2 Å². The number of fused-ring (bicyclic) bond motifs is 1. The highest BCUT2D eigenvalue weighted by molar-refractivity contribution is 5.95. The zero-order valence-electron chi connectivity index (χ0n) is 11.7. The van der Waals surface area contributed by atoms with Gasteiger partial charge in [0, 0.05) is 13.1 Å². The Morgan fingerprint density at radius 3 is 2.86 bits per heavy atom. The Hall–Kier alpha value is -2.11. The summed E-state index contributed by atoms with van der Waals surface area (Å²) in [6.45, 7) is 0.979. The van der Waals surface area contributed by atoms with Crippen LogP contribution in [0.25, 0.3) is 0 Å². The largest absolute Gasteiger partial charge is 0.396 e. The summed E-state index contributed by atoms with van der Waals surface area (Å²) in [4.78, 5) is 27.8. The van der Waals surface area contributed by atoms with Gasteiger partial charge in [0.2, 0.25) is 11.8 Å². The van der Waals surface area contributed by atoms with Crippen LogP contribution in [0, 0.1) is 5.82 Å². The van der Waals surface area contributed by atoms with Gasteiger partial charge in [-0.15, -0.1) is 0 Å². The average Bonchev–Trinajstić information content (AvgIpc) is 2.48. The van der Waals surface area contributed by atoms with E-state index in [1.165, 1.54) is 17.0 Å². The summed E-state index contributed by atoms with van der Waals surface area (Å²) in [5, 5.41) is 0. The molecule has 0 aliphatic carbocycles. The van der Waals surface area contributed by atoms with E-state index in [1.807, 2.05) is 0 Å². The number of nitrogen functional groups attached to an aromatic ring is 1. The van der Waals surface area contributed by atoms with Crippen LogP contribution in [0.5, 0.6) is 0 Å². The van der Waals surface area contributed by atoms with E-state index in [-0.39, 0.29) is 36.6 Å². The lowest BCUT2D eigenvalue weighted by Crippen LogP contribution is -2.60. The van der Waals surface area contributed by atoms with Crippen LogP contribution in [0.3, 0.4) is 0 Å². The van der Waals surface area contributed by atoms with Crippen molar-refractivity contribution < 1.29 is 14.0 Å². The third-order valence-electron chi connectivity index (χ3n) is 4.18. The van der Waals surface area contributed by atoms with E-state index in [1.54, 1.807) is 11.0 Å². The Bertz CT molecular complexity index is 590. The fraction of sp³-hybridized carbons (Fsp3) is 0.467. The van der Waals surface area contributed by atoms with Crippen molar-refractivity contribution in [2.75, 3.05) is 18.8 Å². The summed E-state index contributed by atoms with van der Waals surface area (Å²) in [5.74, 6) is -0.552. The van der Waals surface area contributed by atoms with Crippen molar-refractivity contribution in [3.05, 3.63) is 29.6 Å². The van der Waals surface area contributed by atoms with Crippen molar-refractivity contribution in [3.63, 3.8) is 0 Å². The van der Waals surface area contributed by atoms with Crippen molar-refractivity contribution in [3.8, 4) is 0 Å². The Balaban J connectivity index is 1.77. The first-order valence-corrected chi connectivity index (χ1v) is 7.18. The second-order valence-corrected chi connectivity index (χ2v) is 5.65. The van der Waals surface area contributed by atoms with Crippen LogP contribution in [0.2, 0.25) is 0 Å². The number of hydrogen-bond donors (Lipinski definition) is 1. The van der Waals surface area contributed by atoms with Gasteiger partial charge in [-0.3, -0.25) is 9.59 Å². The molecule has 2 aliphatic heterocycles. The van der Waals surface area contributed by atoms with E-state index in [4.69, 9.17) is 5.73 Å². The quantitative estimate of drug-likeness (QED) is 0.831. The van der Waals surface area contributed by atoms with Gasteiger partial charge in [-0.25, -0.2) is 4.39 Å². The molecule has 112 valence electrons. The van der Waals surface area contributed by atoms with E-state index < -0.39 is 5.82 Å². The van der Waals surface area contributed by atoms with Gasteiger partial charge in [-0.1, -0.05) is 6.07 Å². The topological polar surface area (TPSA) is 66.6 Å². The van der Waals surface area contributed by atoms with E-state index in [0.29, 0.717) is 12.1 Å². The van der Waals surface area contributed by atoms with E-state index in [0.717, 1.165) is 19.3 Å². The second-order valence-electron chi connectivity index (χ2n) is 5.65. The Morgan fingerprint density at radius 1 is 1.29 bits per heavy atom. The third-order valence-corrected chi connectivity index (χ3v) is 4.18. The van der Waals surface area contributed by atoms with Gasteiger partial charge in [0.1, 0.15) is 18.4 Å². The predicted octanol–water partition coefficient (Wildman–Crippen LogP) is 1.13. The molecule has 6 heteroatoms. The number of benzene rings is 1. The van der Waals surface area contributed by atoms with Crippen LogP contribution >= 0.6 is 0 Å². The molecule has 1 atom stereocenters. The fourth-order valence-corrected chi connectivity index (χ4v) is 3.05. The number of piperazine rings is 1. The van der Waals surface area contributed by atoms with Gasteiger partial charge in [0.05, 0.1) is 5.69 Å². The molecule has 2 heterocycles. The number of carbonyl (C=O) groups excluding carboxylic acids is 2. The summed E-state index contributed by atoms with van der Waals surface area (Å²) >= 11 is 0. The van der Waals surface area contributed by atoms with E-state index >= 15 is 0 Å². The minimum Gasteiger partial charge on any atom is -0.396 e. The van der Waals surface area contributed by atoms with Gasteiger partial charge in [0.25, 0.3) is 0 Å². The van der Waals surface area contributed by atoms with Crippen LogP contribution < -0.4 is 5.73 Å². The molecule has 1 unspecified atom stereocenters. The molecule has 0 saturated carbocycles. The van der Waals surface area contributed by atoms with Gasteiger partial charge >= 0.3 is 0 Å². The Labute approximate surface area is 122 Å². The smallest absolute Gasteiger partial charge is 0.246 e. The molecule has 0 bridgehead atoms. The summed E-state index contributed by atoms with van der Waals surface area (Å²) in [6.07, 6.45) is 2.64. The third kappa shape index (κ3) is 2.57. The monoisotopic (exact) mass is 291 g/mol. The molecule has 2 aliphatic rings. The number of amides is 2. The highest BCUT2D eigenvalue weighted by atomic mass is 19.1. The summed E-state index contributed by atoms with van der Waals surface area (Å²) in [6, 6.07) is 4.15. The SMILES string of the molecule is Nc1ccc(CN2CC(=O)N3CCCCC3C2=O)cc1F. The molecule has 0 radical (unpaired) electrons. The maximum atomic E-state index is 13.5. The first-order chi connectivity index (χ1) is 10.1. The summed E-state index contributed by atoms with van der Waals surface area (Å²) < 4.78 is 13.5. The lowest BCUT2D eigenvalue weighted by atomic mass is 9.98. The van der Waals surface area contributed by atoms with Crippen LogP contribution in [-0.4, -0.2) is 40.7 Å². The molecule has 0 spiro atoms. The number of nitrogens with two attached hydrogens (primary N) is 1. The molecule has 1 aromatic rings. The van der Waals surface area contributed by atoms with Crippen LogP contribution in [-0.2, 0) is 16.1 Å². The van der Waals surface area contributed by atoms with Crippen molar-refractivity contribution in [2.45, 2.75) is 31.8 Å². The standard InChI is InChI=1S/C15H18FN3O2/c16-11-7-10(4-5-12(11)17)8-18-9-14(20)19-6-2-1-3-13(19)15(18)21/h4-5,7,13H,1-3,6,8-9,17H2. The molecular weight excluding hydrogens is 273 g/mol. The number of carbonyl (C=O) groups is 2. The molecule has 0 aromatic heterocycles. The minimum atomic E-state index is -0.498. The van der Waals surface area contributed by atoms with Crippen molar-refractivity contribution >= 4 is 17.5 Å². The first kappa shape index (κ1) is 13.9. The average molecular weight is 291 g/mol. The van der Waals surface area contributed by atoms with Crippen molar-refractivity contribution in [1.82, 2.24) is 9.80 Å². The highest BCUT2D eigenvalue weighted by Crippen LogP contribution is 2.24. The molecule has 5 nitrogen and oxygen atoms in total. The van der Waals surface area contributed by atoms with Crippen LogP contribution in [0.4, 0.5) is 10.1 Å². The zero-order chi connectivity index (χ0) is 15.0. The van der Waals surface area contributed by atoms with Gasteiger partial charge in [0.15, 0.2) is 0 Å². The van der Waals surface area contributed by atoms with Crippen LogP contribution in [0.1, 0.15) is 24.8 Å². The predicted molar refractivity (Wildman–Crippen MR) is 75.6 cm³/mol. The lowest BCUT2D eigenvalue weighted by Gasteiger charge is -2.42. The maximum absolute atomic E-state index is 13.5. The van der Waals surface area contributed by atoms with Crippen molar-refractivity contribution in [1.29, 1.82) is 0 Å². The van der Waals surface area contributed by atoms with E-state index in [2.05, 4.69) is 0 Å². The zero-order valence-corrected chi connectivity index (χ0v) is 11.7.